The van der Waals surface area contributed by atoms with Gasteiger partial charge in [0, 0.05) is 6.54 Å². The van der Waals surface area contributed by atoms with Crippen LogP contribution in [0.1, 0.15) is 33.6 Å². The second-order valence-electron chi connectivity index (χ2n) is 6.50. The Balaban J connectivity index is 1.92. The molecule has 0 aromatic heterocycles. The highest BCUT2D eigenvalue weighted by atomic mass is 16.6. The van der Waals surface area contributed by atoms with Crippen molar-refractivity contribution in [1.82, 2.24) is 10.2 Å². The molecule has 0 aliphatic carbocycles. The molecular weight excluding hydrogens is 244 g/mol. The van der Waals surface area contributed by atoms with Crippen LogP contribution in [-0.2, 0) is 9.47 Å². The van der Waals surface area contributed by atoms with Crippen LogP contribution in [0.25, 0.3) is 0 Å². The van der Waals surface area contributed by atoms with Crippen molar-refractivity contribution < 1.29 is 14.3 Å². The maximum Gasteiger partial charge on any atom is 0.410 e. The second kappa shape index (κ2) is 6.09. The van der Waals surface area contributed by atoms with Crippen LogP contribution in [0.15, 0.2) is 0 Å². The number of nitrogens with one attached hydrogen (secondary N) is 1. The molecule has 110 valence electrons. The summed E-state index contributed by atoms with van der Waals surface area (Å²) in [5, 5.41) is 3.37. The predicted molar refractivity (Wildman–Crippen MR) is 73.1 cm³/mol. The van der Waals surface area contributed by atoms with Gasteiger partial charge in [-0.15, -0.1) is 0 Å². The number of nitrogens with zero attached hydrogens (tertiary/aromatic N) is 1. The molecule has 2 aliphatic heterocycles. The number of morpholine rings is 1. The van der Waals surface area contributed by atoms with Crippen molar-refractivity contribution in [2.75, 3.05) is 32.8 Å². The third kappa shape index (κ3) is 4.35. The lowest BCUT2D eigenvalue weighted by molar-refractivity contribution is -0.0368. The van der Waals surface area contributed by atoms with E-state index in [0.717, 1.165) is 19.5 Å². The number of amides is 1. The van der Waals surface area contributed by atoms with Crippen LogP contribution in [-0.4, -0.2) is 55.5 Å². The van der Waals surface area contributed by atoms with E-state index >= 15 is 0 Å². The molecule has 0 bridgehead atoms. The van der Waals surface area contributed by atoms with Crippen LogP contribution in [0.4, 0.5) is 4.79 Å². The molecule has 2 saturated heterocycles. The Morgan fingerprint density at radius 3 is 2.89 bits per heavy atom. The van der Waals surface area contributed by atoms with E-state index in [1.165, 1.54) is 6.42 Å². The number of hydrogen-bond acceptors (Lipinski definition) is 4. The SMILES string of the molecule is CC(C)(C)OC(=O)N1CCOCC1CC1CCNC1. The third-order valence-corrected chi connectivity index (χ3v) is 3.62. The Bertz CT molecular complexity index is 308. The molecule has 2 rings (SSSR count). The Morgan fingerprint density at radius 2 is 2.26 bits per heavy atom. The lowest BCUT2D eigenvalue weighted by Crippen LogP contribution is -2.51. The summed E-state index contributed by atoms with van der Waals surface area (Å²) in [6, 6.07) is 0.161. The molecule has 0 spiro atoms. The predicted octanol–water partition coefficient (Wildman–Crippen LogP) is 1.62. The fourth-order valence-electron chi connectivity index (χ4n) is 2.71. The average molecular weight is 270 g/mol. The molecule has 2 fully saturated rings. The molecule has 2 atom stereocenters. The summed E-state index contributed by atoms with van der Waals surface area (Å²) in [5.41, 5.74) is -0.436. The van der Waals surface area contributed by atoms with Gasteiger partial charge in [-0.05, 0) is 52.6 Å². The highest BCUT2D eigenvalue weighted by Gasteiger charge is 2.33. The van der Waals surface area contributed by atoms with E-state index in [2.05, 4.69) is 5.32 Å². The molecule has 19 heavy (non-hydrogen) atoms. The largest absolute Gasteiger partial charge is 0.444 e. The van der Waals surface area contributed by atoms with E-state index in [4.69, 9.17) is 9.47 Å². The fraction of sp³-hybridized carbons (Fsp3) is 0.929. The Morgan fingerprint density at radius 1 is 1.47 bits per heavy atom. The summed E-state index contributed by atoms with van der Waals surface area (Å²) in [6.45, 7) is 9.74. The molecule has 2 heterocycles. The topological polar surface area (TPSA) is 50.8 Å². The number of carbonyl (C=O) groups is 1. The van der Waals surface area contributed by atoms with Crippen molar-refractivity contribution in [3.8, 4) is 0 Å². The van der Waals surface area contributed by atoms with Crippen molar-refractivity contribution in [3.63, 3.8) is 0 Å². The zero-order chi connectivity index (χ0) is 13.9. The molecule has 0 saturated carbocycles. The number of ether oxygens (including phenoxy) is 2. The fourth-order valence-corrected chi connectivity index (χ4v) is 2.71. The summed E-state index contributed by atoms with van der Waals surface area (Å²) < 4.78 is 11.0. The minimum Gasteiger partial charge on any atom is -0.444 e. The lowest BCUT2D eigenvalue weighted by Gasteiger charge is -2.37. The van der Waals surface area contributed by atoms with E-state index in [1.54, 1.807) is 0 Å². The summed E-state index contributed by atoms with van der Waals surface area (Å²) in [6.07, 6.45) is 2.00. The van der Waals surface area contributed by atoms with Gasteiger partial charge in [0.25, 0.3) is 0 Å². The van der Waals surface area contributed by atoms with E-state index < -0.39 is 5.60 Å². The first-order chi connectivity index (χ1) is 8.96. The Hall–Kier alpha value is -0.810. The molecular formula is C14H26N2O3. The van der Waals surface area contributed by atoms with Gasteiger partial charge < -0.3 is 19.7 Å². The molecule has 5 heteroatoms. The van der Waals surface area contributed by atoms with Gasteiger partial charge in [-0.2, -0.15) is 0 Å². The van der Waals surface area contributed by atoms with Gasteiger partial charge >= 0.3 is 6.09 Å². The van der Waals surface area contributed by atoms with E-state index in [0.29, 0.717) is 25.7 Å². The standard InChI is InChI=1S/C14H26N2O3/c1-14(2,3)19-13(17)16-6-7-18-10-12(16)8-11-4-5-15-9-11/h11-12,15H,4-10H2,1-3H3. The van der Waals surface area contributed by atoms with Crippen LogP contribution in [0.5, 0.6) is 0 Å². The summed E-state index contributed by atoms with van der Waals surface area (Å²) in [7, 11) is 0. The van der Waals surface area contributed by atoms with Crippen molar-refractivity contribution in [3.05, 3.63) is 0 Å². The highest BCUT2D eigenvalue weighted by Crippen LogP contribution is 2.22. The van der Waals surface area contributed by atoms with Crippen molar-refractivity contribution in [2.24, 2.45) is 5.92 Å². The zero-order valence-corrected chi connectivity index (χ0v) is 12.3. The molecule has 0 aromatic rings. The molecule has 2 unspecified atom stereocenters. The van der Waals surface area contributed by atoms with Crippen LogP contribution in [0.2, 0.25) is 0 Å². The molecule has 1 N–H and O–H groups in total. The minimum atomic E-state index is -0.436. The van der Waals surface area contributed by atoms with Crippen molar-refractivity contribution in [1.29, 1.82) is 0 Å². The Labute approximate surface area is 115 Å². The maximum atomic E-state index is 12.2. The van der Waals surface area contributed by atoms with Gasteiger partial charge in [-0.1, -0.05) is 0 Å². The average Bonchev–Trinajstić information content (AvgIpc) is 2.80. The summed E-state index contributed by atoms with van der Waals surface area (Å²) >= 11 is 0. The van der Waals surface area contributed by atoms with Gasteiger partial charge in [0.05, 0.1) is 19.3 Å². The molecule has 2 aliphatic rings. The van der Waals surface area contributed by atoms with Crippen LogP contribution in [0.3, 0.4) is 0 Å². The number of rotatable bonds is 2. The molecule has 0 radical (unpaired) electrons. The van der Waals surface area contributed by atoms with Crippen LogP contribution in [0, 0.1) is 5.92 Å². The third-order valence-electron chi connectivity index (χ3n) is 3.62. The van der Waals surface area contributed by atoms with Gasteiger partial charge in [0.15, 0.2) is 0 Å². The smallest absolute Gasteiger partial charge is 0.410 e. The van der Waals surface area contributed by atoms with Gasteiger partial charge in [0.1, 0.15) is 5.60 Å². The van der Waals surface area contributed by atoms with Crippen LogP contribution < -0.4 is 5.32 Å². The first kappa shape index (κ1) is 14.6. The first-order valence-corrected chi connectivity index (χ1v) is 7.24. The van der Waals surface area contributed by atoms with Crippen molar-refractivity contribution >= 4 is 6.09 Å². The quantitative estimate of drug-likeness (QED) is 0.828. The van der Waals surface area contributed by atoms with Crippen molar-refractivity contribution in [2.45, 2.75) is 45.3 Å². The van der Waals surface area contributed by atoms with Crippen LogP contribution >= 0.6 is 0 Å². The minimum absolute atomic E-state index is 0.161. The maximum absolute atomic E-state index is 12.2. The first-order valence-electron chi connectivity index (χ1n) is 7.24. The Kier molecular flexibility index (Phi) is 4.68. The van der Waals surface area contributed by atoms with Gasteiger partial charge in [-0.3, -0.25) is 0 Å². The van der Waals surface area contributed by atoms with E-state index in [1.807, 2.05) is 25.7 Å². The van der Waals surface area contributed by atoms with Gasteiger partial charge in [0.2, 0.25) is 0 Å². The highest BCUT2D eigenvalue weighted by molar-refractivity contribution is 5.68. The molecule has 0 aromatic carbocycles. The molecule has 5 nitrogen and oxygen atoms in total. The van der Waals surface area contributed by atoms with Gasteiger partial charge in [-0.25, -0.2) is 4.79 Å². The van der Waals surface area contributed by atoms with E-state index in [9.17, 15) is 4.79 Å². The number of carbonyl (C=O) groups excluding carboxylic acids is 1. The normalized spacial score (nSPS) is 28.5. The summed E-state index contributed by atoms with van der Waals surface area (Å²) in [5.74, 6) is 0.650. The summed E-state index contributed by atoms with van der Waals surface area (Å²) in [4.78, 5) is 14.1. The lowest BCUT2D eigenvalue weighted by atomic mass is 9.98. The molecule has 1 amide bonds. The monoisotopic (exact) mass is 270 g/mol. The second-order valence-corrected chi connectivity index (χ2v) is 6.50. The zero-order valence-electron chi connectivity index (χ0n) is 12.3. The van der Waals surface area contributed by atoms with E-state index in [-0.39, 0.29) is 12.1 Å². The number of hydrogen-bond donors (Lipinski definition) is 1.